The first-order valence-corrected chi connectivity index (χ1v) is 6.86. The Morgan fingerprint density at radius 3 is 2.67 bits per heavy atom. The van der Waals surface area contributed by atoms with Crippen molar-refractivity contribution in [2.75, 3.05) is 23.7 Å². The number of aryl methyl sites for hydroxylation is 1. The molecule has 4 nitrogen and oxygen atoms in total. The van der Waals surface area contributed by atoms with Gasteiger partial charge in [0.05, 0.1) is 0 Å². The quantitative estimate of drug-likeness (QED) is 0.768. The Kier molecular flexibility index (Phi) is 5.26. The van der Waals surface area contributed by atoms with E-state index in [1.807, 2.05) is 13.0 Å². The minimum Gasteiger partial charge on any atom is -0.366 e. The first-order chi connectivity index (χ1) is 10.2. The maximum atomic E-state index is 12.8. The summed E-state index contributed by atoms with van der Waals surface area (Å²) in [5.74, 6) is 1.14. The molecule has 0 unspecified atom stereocenters. The monoisotopic (exact) mass is 286 g/mol. The molecule has 0 fully saturated rings. The van der Waals surface area contributed by atoms with Crippen molar-refractivity contribution in [3.63, 3.8) is 0 Å². The molecule has 1 heterocycles. The molecule has 0 aliphatic heterocycles. The fourth-order valence-electron chi connectivity index (χ4n) is 1.88. The van der Waals surface area contributed by atoms with Crippen LogP contribution in [-0.2, 0) is 6.42 Å². The molecule has 2 rings (SSSR count). The van der Waals surface area contributed by atoms with E-state index < -0.39 is 0 Å². The highest BCUT2D eigenvalue weighted by molar-refractivity contribution is 5.42. The topological polar surface area (TPSA) is 49.8 Å². The predicted molar refractivity (Wildman–Crippen MR) is 84.0 cm³/mol. The van der Waals surface area contributed by atoms with Gasteiger partial charge in [0, 0.05) is 24.8 Å². The van der Waals surface area contributed by atoms with E-state index in [4.69, 9.17) is 0 Å². The van der Waals surface area contributed by atoms with Crippen LogP contribution in [0, 0.1) is 12.7 Å². The number of hydrogen-bond acceptors (Lipinski definition) is 4. The van der Waals surface area contributed by atoms with Crippen LogP contribution in [0.1, 0.15) is 11.3 Å². The van der Waals surface area contributed by atoms with Gasteiger partial charge in [0.1, 0.15) is 11.6 Å². The van der Waals surface area contributed by atoms with E-state index in [2.05, 4.69) is 27.2 Å². The molecule has 110 valence electrons. The lowest BCUT2D eigenvalue weighted by Gasteiger charge is -2.09. The van der Waals surface area contributed by atoms with E-state index >= 15 is 0 Å². The number of aromatic nitrogens is 2. The molecule has 0 bridgehead atoms. The lowest BCUT2D eigenvalue weighted by Crippen LogP contribution is -2.10. The molecule has 0 amide bonds. The van der Waals surface area contributed by atoms with Crippen LogP contribution in [0.5, 0.6) is 0 Å². The normalized spacial score (nSPS) is 10.2. The summed E-state index contributed by atoms with van der Waals surface area (Å²) in [5.41, 5.74) is 1.96. The SMILES string of the molecule is C=CCNc1cc(C)nc(NCCc2ccc(F)cc2)n1. The molecule has 5 heteroatoms. The van der Waals surface area contributed by atoms with Crippen molar-refractivity contribution in [1.29, 1.82) is 0 Å². The Morgan fingerprint density at radius 2 is 1.95 bits per heavy atom. The lowest BCUT2D eigenvalue weighted by molar-refractivity contribution is 0.627. The van der Waals surface area contributed by atoms with Crippen molar-refractivity contribution in [3.8, 4) is 0 Å². The van der Waals surface area contributed by atoms with Gasteiger partial charge in [-0.2, -0.15) is 4.98 Å². The third-order valence-corrected chi connectivity index (χ3v) is 2.89. The highest BCUT2D eigenvalue weighted by atomic mass is 19.1. The number of nitrogens with zero attached hydrogens (tertiary/aromatic N) is 2. The molecule has 0 radical (unpaired) electrons. The van der Waals surface area contributed by atoms with Gasteiger partial charge in [0.15, 0.2) is 0 Å². The van der Waals surface area contributed by atoms with Crippen molar-refractivity contribution in [2.45, 2.75) is 13.3 Å². The molecule has 0 aliphatic carbocycles. The second-order valence-electron chi connectivity index (χ2n) is 4.69. The van der Waals surface area contributed by atoms with Crippen LogP contribution in [0.2, 0.25) is 0 Å². The summed E-state index contributed by atoms with van der Waals surface area (Å²) in [5, 5.41) is 6.32. The number of nitrogens with one attached hydrogen (secondary N) is 2. The van der Waals surface area contributed by atoms with Crippen molar-refractivity contribution in [1.82, 2.24) is 9.97 Å². The van der Waals surface area contributed by atoms with E-state index in [0.717, 1.165) is 23.5 Å². The zero-order valence-corrected chi connectivity index (χ0v) is 12.1. The maximum absolute atomic E-state index is 12.8. The van der Waals surface area contributed by atoms with Crippen molar-refractivity contribution < 1.29 is 4.39 Å². The zero-order chi connectivity index (χ0) is 15.1. The fourth-order valence-corrected chi connectivity index (χ4v) is 1.88. The number of halogens is 1. The highest BCUT2D eigenvalue weighted by Crippen LogP contribution is 2.10. The van der Waals surface area contributed by atoms with Crippen LogP contribution in [0.25, 0.3) is 0 Å². The Balaban J connectivity index is 1.91. The molecule has 1 aromatic carbocycles. The van der Waals surface area contributed by atoms with Gasteiger partial charge in [0.2, 0.25) is 5.95 Å². The average molecular weight is 286 g/mol. The van der Waals surface area contributed by atoms with Gasteiger partial charge in [-0.1, -0.05) is 18.2 Å². The molecule has 0 aliphatic rings. The third kappa shape index (κ3) is 4.87. The first kappa shape index (κ1) is 15.0. The minimum atomic E-state index is -0.216. The standard InChI is InChI=1S/C16H19FN4/c1-3-9-18-15-11-12(2)20-16(21-15)19-10-8-13-4-6-14(17)7-5-13/h3-7,11H,1,8-10H2,2H3,(H2,18,19,20,21). The van der Waals surface area contributed by atoms with Crippen LogP contribution in [-0.4, -0.2) is 23.1 Å². The van der Waals surface area contributed by atoms with Gasteiger partial charge in [-0.25, -0.2) is 9.37 Å². The van der Waals surface area contributed by atoms with Crippen molar-refractivity contribution in [2.24, 2.45) is 0 Å². The summed E-state index contributed by atoms with van der Waals surface area (Å²) in [4.78, 5) is 8.71. The number of hydrogen-bond donors (Lipinski definition) is 2. The predicted octanol–water partition coefficient (Wildman–Crippen LogP) is 3.18. The second kappa shape index (κ2) is 7.38. The van der Waals surface area contributed by atoms with Crippen molar-refractivity contribution >= 4 is 11.8 Å². The van der Waals surface area contributed by atoms with Gasteiger partial charge >= 0.3 is 0 Å². The fraction of sp³-hybridized carbons (Fsp3) is 0.250. The summed E-state index contributed by atoms with van der Waals surface area (Å²) in [7, 11) is 0. The molecule has 0 atom stereocenters. The number of anilines is 2. The summed E-state index contributed by atoms with van der Waals surface area (Å²) in [6.07, 6.45) is 2.56. The molecule has 0 saturated carbocycles. The van der Waals surface area contributed by atoms with E-state index in [0.29, 0.717) is 19.0 Å². The Hall–Kier alpha value is -2.43. The molecule has 2 aromatic rings. The third-order valence-electron chi connectivity index (χ3n) is 2.89. The summed E-state index contributed by atoms with van der Waals surface area (Å²) < 4.78 is 12.8. The summed E-state index contributed by atoms with van der Waals surface area (Å²) in [6.45, 7) is 6.93. The van der Waals surface area contributed by atoms with E-state index in [1.54, 1.807) is 18.2 Å². The van der Waals surface area contributed by atoms with Gasteiger partial charge in [-0.3, -0.25) is 0 Å². The molecule has 0 saturated heterocycles. The number of benzene rings is 1. The Labute approximate surface area is 124 Å². The molecular weight excluding hydrogens is 267 g/mol. The minimum absolute atomic E-state index is 0.216. The summed E-state index contributed by atoms with van der Waals surface area (Å²) in [6, 6.07) is 8.39. The zero-order valence-electron chi connectivity index (χ0n) is 12.1. The van der Waals surface area contributed by atoms with Crippen LogP contribution < -0.4 is 10.6 Å². The second-order valence-corrected chi connectivity index (χ2v) is 4.69. The highest BCUT2D eigenvalue weighted by Gasteiger charge is 2.01. The Bertz CT molecular complexity index is 596. The van der Waals surface area contributed by atoms with E-state index in [1.165, 1.54) is 12.1 Å². The number of rotatable bonds is 7. The van der Waals surface area contributed by atoms with Gasteiger partial charge in [-0.15, -0.1) is 6.58 Å². The van der Waals surface area contributed by atoms with Crippen LogP contribution in [0.4, 0.5) is 16.2 Å². The van der Waals surface area contributed by atoms with E-state index in [9.17, 15) is 4.39 Å². The molecule has 0 spiro atoms. The van der Waals surface area contributed by atoms with Gasteiger partial charge in [-0.05, 0) is 31.0 Å². The Morgan fingerprint density at radius 1 is 1.19 bits per heavy atom. The molecule has 1 aromatic heterocycles. The smallest absolute Gasteiger partial charge is 0.224 e. The van der Waals surface area contributed by atoms with E-state index in [-0.39, 0.29) is 5.82 Å². The largest absolute Gasteiger partial charge is 0.366 e. The summed E-state index contributed by atoms with van der Waals surface area (Å²) >= 11 is 0. The van der Waals surface area contributed by atoms with Gasteiger partial charge < -0.3 is 10.6 Å². The van der Waals surface area contributed by atoms with Crippen molar-refractivity contribution in [3.05, 3.63) is 60.1 Å². The molecular formula is C16H19FN4. The van der Waals surface area contributed by atoms with Crippen LogP contribution >= 0.6 is 0 Å². The van der Waals surface area contributed by atoms with Crippen LogP contribution in [0.3, 0.4) is 0 Å². The van der Waals surface area contributed by atoms with Crippen LogP contribution in [0.15, 0.2) is 43.0 Å². The molecule has 21 heavy (non-hydrogen) atoms. The molecule has 2 N–H and O–H groups in total. The maximum Gasteiger partial charge on any atom is 0.224 e. The first-order valence-electron chi connectivity index (χ1n) is 6.86. The average Bonchev–Trinajstić information content (AvgIpc) is 2.47. The van der Waals surface area contributed by atoms with Gasteiger partial charge in [0.25, 0.3) is 0 Å². The lowest BCUT2D eigenvalue weighted by atomic mass is 10.1.